The lowest BCUT2D eigenvalue weighted by Crippen LogP contribution is -2.14. The van der Waals surface area contributed by atoms with E-state index in [4.69, 9.17) is 0 Å². The molecular formula is C21H21N3O. The van der Waals surface area contributed by atoms with Crippen LogP contribution in [0.25, 0.3) is 0 Å². The van der Waals surface area contributed by atoms with Crippen LogP contribution in [0.15, 0.2) is 66.9 Å². The van der Waals surface area contributed by atoms with Crippen molar-refractivity contribution >= 4 is 23.0 Å². The maximum absolute atomic E-state index is 12.3. The van der Waals surface area contributed by atoms with Crippen molar-refractivity contribution in [2.75, 3.05) is 10.6 Å². The molecule has 1 aromatic heterocycles. The highest BCUT2D eigenvalue weighted by atomic mass is 16.1. The summed E-state index contributed by atoms with van der Waals surface area (Å²) in [4.78, 5) is 16.6. The Balaban J connectivity index is 1.67. The molecule has 0 bridgehead atoms. The first-order valence-corrected chi connectivity index (χ1v) is 8.34. The van der Waals surface area contributed by atoms with Gasteiger partial charge >= 0.3 is 0 Å². The highest BCUT2D eigenvalue weighted by molar-refractivity contribution is 6.03. The average Bonchev–Trinajstić information content (AvgIpc) is 2.65. The fraction of sp³-hybridized carbons (Fsp3) is 0.143. The molecule has 0 aliphatic heterocycles. The maximum Gasteiger partial charge on any atom is 0.274 e. The summed E-state index contributed by atoms with van der Waals surface area (Å²) in [6.07, 6.45) is 2.69. The van der Waals surface area contributed by atoms with Gasteiger partial charge in [-0.1, -0.05) is 37.3 Å². The predicted octanol–water partition coefficient (Wildman–Crippen LogP) is 4.95. The molecule has 1 heterocycles. The van der Waals surface area contributed by atoms with Gasteiger partial charge in [0.15, 0.2) is 0 Å². The Kier molecular flexibility index (Phi) is 5.09. The van der Waals surface area contributed by atoms with Gasteiger partial charge < -0.3 is 10.6 Å². The van der Waals surface area contributed by atoms with Crippen molar-refractivity contribution in [1.29, 1.82) is 0 Å². The molecule has 4 heteroatoms. The Bertz CT molecular complexity index is 855. The molecule has 4 nitrogen and oxygen atoms in total. The lowest BCUT2D eigenvalue weighted by molar-refractivity contribution is 0.102. The molecule has 0 saturated carbocycles. The topological polar surface area (TPSA) is 54.0 Å². The van der Waals surface area contributed by atoms with Crippen LogP contribution in [0.5, 0.6) is 0 Å². The summed E-state index contributed by atoms with van der Waals surface area (Å²) < 4.78 is 0. The molecule has 0 radical (unpaired) electrons. The molecule has 0 spiro atoms. The van der Waals surface area contributed by atoms with Crippen molar-refractivity contribution in [3.8, 4) is 0 Å². The number of amides is 1. The van der Waals surface area contributed by atoms with Crippen molar-refractivity contribution in [3.05, 3.63) is 83.7 Å². The van der Waals surface area contributed by atoms with Crippen LogP contribution in [0, 0.1) is 6.92 Å². The van der Waals surface area contributed by atoms with E-state index >= 15 is 0 Å². The number of hydrogen-bond acceptors (Lipinski definition) is 3. The van der Waals surface area contributed by atoms with Crippen molar-refractivity contribution in [1.82, 2.24) is 4.98 Å². The molecule has 3 aromatic rings. The van der Waals surface area contributed by atoms with Crippen LogP contribution in [0.4, 0.5) is 17.1 Å². The number of aromatic nitrogens is 1. The van der Waals surface area contributed by atoms with Crippen molar-refractivity contribution in [2.45, 2.75) is 20.3 Å². The quantitative estimate of drug-likeness (QED) is 0.695. The Morgan fingerprint density at radius 2 is 1.68 bits per heavy atom. The second-order valence-corrected chi connectivity index (χ2v) is 5.88. The summed E-state index contributed by atoms with van der Waals surface area (Å²) in [7, 11) is 0. The van der Waals surface area contributed by atoms with E-state index in [1.807, 2.05) is 49.4 Å². The van der Waals surface area contributed by atoms with Gasteiger partial charge in [0, 0.05) is 11.4 Å². The second kappa shape index (κ2) is 7.62. The van der Waals surface area contributed by atoms with Gasteiger partial charge in [-0.25, -0.2) is 4.98 Å². The first-order chi connectivity index (χ1) is 12.2. The lowest BCUT2D eigenvalue weighted by atomic mass is 10.1. The number of aryl methyl sites for hydroxylation is 2. The lowest BCUT2D eigenvalue weighted by Gasteiger charge is -2.09. The third-order valence-electron chi connectivity index (χ3n) is 4.04. The van der Waals surface area contributed by atoms with E-state index in [0.717, 1.165) is 29.0 Å². The summed E-state index contributed by atoms with van der Waals surface area (Å²) >= 11 is 0. The maximum atomic E-state index is 12.3. The zero-order valence-corrected chi connectivity index (χ0v) is 14.4. The van der Waals surface area contributed by atoms with Crippen LogP contribution in [-0.2, 0) is 6.42 Å². The van der Waals surface area contributed by atoms with E-state index in [-0.39, 0.29) is 5.91 Å². The van der Waals surface area contributed by atoms with Crippen molar-refractivity contribution in [3.63, 3.8) is 0 Å². The van der Waals surface area contributed by atoms with Gasteiger partial charge in [-0.05, 0) is 54.8 Å². The molecule has 1 amide bonds. The van der Waals surface area contributed by atoms with E-state index in [1.54, 1.807) is 12.3 Å². The SMILES string of the molecule is CCc1ccc(Nc2ccc(C(=O)Nc3ccccc3C)nc2)cc1. The molecule has 0 fully saturated rings. The van der Waals surface area contributed by atoms with Crippen molar-refractivity contribution in [2.24, 2.45) is 0 Å². The first-order valence-electron chi connectivity index (χ1n) is 8.34. The largest absolute Gasteiger partial charge is 0.354 e. The number of carbonyl (C=O) groups is 1. The van der Waals surface area contributed by atoms with Gasteiger partial charge in [0.05, 0.1) is 11.9 Å². The summed E-state index contributed by atoms with van der Waals surface area (Å²) in [6, 6.07) is 19.5. The highest BCUT2D eigenvalue weighted by Gasteiger charge is 2.09. The van der Waals surface area contributed by atoms with Crippen LogP contribution in [0.3, 0.4) is 0 Å². The van der Waals surface area contributed by atoms with E-state index in [1.165, 1.54) is 5.56 Å². The first kappa shape index (κ1) is 16.7. The van der Waals surface area contributed by atoms with E-state index in [2.05, 4.69) is 34.7 Å². The monoisotopic (exact) mass is 331 g/mol. The number of para-hydroxylation sites is 1. The fourth-order valence-corrected chi connectivity index (χ4v) is 2.49. The molecule has 25 heavy (non-hydrogen) atoms. The van der Waals surface area contributed by atoms with E-state index < -0.39 is 0 Å². The smallest absolute Gasteiger partial charge is 0.274 e. The number of nitrogens with one attached hydrogen (secondary N) is 2. The molecule has 2 aromatic carbocycles. The minimum absolute atomic E-state index is 0.215. The Morgan fingerprint density at radius 1 is 0.960 bits per heavy atom. The van der Waals surface area contributed by atoms with Gasteiger partial charge in [0.1, 0.15) is 5.69 Å². The standard InChI is InChI=1S/C21H21N3O/c1-3-16-8-10-17(11-9-16)23-18-12-13-20(22-14-18)21(25)24-19-7-5-4-6-15(19)2/h4-14,23H,3H2,1-2H3,(H,24,25). The van der Waals surface area contributed by atoms with Gasteiger partial charge in [0.25, 0.3) is 5.91 Å². The zero-order valence-electron chi connectivity index (χ0n) is 14.4. The second-order valence-electron chi connectivity index (χ2n) is 5.88. The summed E-state index contributed by atoms with van der Waals surface area (Å²) in [6.45, 7) is 4.09. The highest BCUT2D eigenvalue weighted by Crippen LogP contribution is 2.18. The normalized spacial score (nSPS) is 10.3. The minimum atomic E-state index is -0.215. The summed E-state index contributed by atoms with van der Waals surface area (Å²) in [5.74, 6) is -0.215. The summed E-state index contributed by atoms with van der Waals surface area (Å²) in [5.41, 5.74) is 5.34. The number of carbonyl (C=O) groups excluding carboxylic acids is 1. The van der Waals surface area contributed by atoms with Crippen LogP contribution in [0.1, 0.15) is 28.5 Å². The minimum Gasteiger partial charge on any atom is -0.354 e. The molecule has 2 N–H and O–H groups in total. The van der Waals surface area contributed by atoms with Crippen LogP contribution < -0.4 is 10.6 Å². The van der Waals surface area contributed by atoms with Crippen LogP contribution in [-0.4, -0.2) is 10.9 Å². The molecular weight excluding hydrogens is 310 g/mol. The van der Waals surface area contributed by atoms with Gasteiger partial charge in [0.2, 0.25) is 0 Å². The molecule has 0 atom stereocenters. The van der Waals surface area contributed by atoms with Crippen molar-refractivity contribution < 1.29 is 4.79 Å². The summed E-state index contributed by atoms with van der Waals surface area (Å²) in [5, 5.41) is 6.17. The third-order valence-corrected chi connectivity index (χ3v) is 4.04. The van der Waals surface area contributed by atoms with E-state index in [9.17, 15) is 4.79 Å². The van der Waals surface area contributed by atoms with Crippen LogP contribution >= 0.6 is 0 Å². The number of benzene rings is 2. The van der Waals surface area contributed by atoms with Crippen LogP contribution in [0.2, 0.25) is 0 Å². The molecule has 0 unspecified atom stereocenters. The van der Waals surface area contributed by atoms with E-state index in [0.29, 0.717) is 5.69 Å². The number of hydrogen-bond donors (Lipinski definition) is 2. The number of nitrogens with zero attached hydrogens (tertiary/aromatic N) is 1. The van der Waals surface area contributed by atoms with Gasteiger partial charge in [-0.2, -0.15) is 0 Å². The molecule has 0 saturated heterocycles. The fourth-order valence-electron chi connectivity index (χ4n) is 2.49. The Labute approximate surface area is 147 Å². The average molecular weight is 331 g/mol. The number of rotatable bonds is 5. The number of pyridine rings is 1. The Morgan fingerprint density at radius 3 is 2.32 bits per heavy atom. The third kappa shape index (κ3) is 4.23. The Hall–Kier alpha value is -3.14. The molecule has 126 valence electrons. The zero-order chi connectivity index (χ0) is 17.6. The predicted molar refractivity (Wildman–Crippen MR) is 102 cm³/mol. The molecule has 3 rings (SSSR count). The van der Waals surface area contributed by atoms with Gasteiger partial charge in [-0.3, -0.25) is 4.79 Å². The molecule has 0 aliphatic rings. The molecule has 0 aliphatic carbocycles. The van der Waals surface area contributed by atoms with Gasteiger partial charge in [-0.15, -0.1) is 0 Å². The number of anilines is 3.